The van der Waals surface area contributed by atoms with Crippen molar-refractivity contribution < 1.29 is 4.52 Å². The third kappa shape index (κ3) is 1.14. The van der Waals surface area contributed by atoms with Crippen molar-refractivity contribution in [3.05, 3.63) is 11.7 Å². The molecule has 1 fully saturated rings. The van der Waals surface area contributed by atoms with E-state index in [4.69, 9.17) is 10.3 Å². The van der Waals surface area contributed by atoms with E-state index in [0.29, 0.717) is 17.7 Å². The Labute approximate surface area is 64.8 Å². The summed E-state index contributed by atoms with van der Waals surface area (Å²) in [6.45, 7) is 2.55. The molecule has 2 rings (SSSR count). The Hall–Kier alpha value is -0.900. The van der Waals surface area contributed by atoms with Gasteiger partial charge < -0.3 is 10.3 Å². The van der Waals surface area contributed by atoms with Crippen LogP contribution in [0.1, 0.15) is 24.1 Å². The van der Waals surface area contributed by atoms with E-state index < -0.39 is 0 Å². The van der Waals surface area contributed by atoms with Crippen LogP contribution in [-0.4, -0.2) is 16.7 Å². The first-order valence-corrected chi connectivity index (χ1v) is 3.81. The van der Waals surface area contributed by atoms with Gasteiger partial charge >= 0.3 is 0 Å². The van der Waals surface area contributed by atoms with Crippen LogP contribution in [0.3, 0.4) is 0 Å². The monoisotopic (exact) mass is 153 g/mol. The molecule has 1 aliphatic rings. The lowest BCUT2D eigenvalue weighted by Gasteiger charge is -1.86. The molecule has 2 N–H and O–H groups in total. The van der Waals surface area contributed by atoms with Gasteiger partial charge in [0.05, 0.1) is 0 Å². The molecule has 0 bridgehead atoms. The highest BCUT2D eigenvalue weighted by Crippen LogP contribution is 2.45. The van der Waals surface area contributed by atoms with Crippen molar-refractivity contribution in [3.8, 4) is 0 Å². The Morgan fingerprint density at radius 2 is 2.55 bits per heavy atom. The van der Waals surface area contributed by atoms with Crippen molar-refractivity contribution in [2.24, 2.45) is 11.7 Å². The Balaban J connectivity index is 2.08. The zero-order chi connectivity index (χ0) is 7.84. The molecular weight excluding hydrogens is 142 g/mol. The minimum absolute atomic E-state index is 0.446. The molecule has 0 aliphatic heterocycles. The van der Waals surface area contributed by atoms with E-state index in [2.05, 4.69) is 10.1 Å². The third-order valence-corrected chi connectivity index (χ3v) is 2.09. The molecule has 0 radical (unpaired) electrons. The zero-order valence-corrected chi connectivity index (χ0v) is 6.45. The van der Waals surface area contributed by atoms with Gasteiger partial charge in [-0.2, -0.15) is 4.98 Å². The largest absolute Gasteiger partial charge is 0.339 e. The second-order valence-corrected chi connectivity index (χ2v) is 3.02. The molecule has 0 aromatic carbocycles. The van der Waals surface area contributed by atoms with Crippen molar-refractivity contribution in [2.75, 3.05) is 6.54 Å². The Bertz CT molecular complexity index is 258. The fraction of sp³-hybridized carbons (Fsp3) is 0.714. The quantitative estimate of drug-likeness (QED) is 0.669. The van der Waals surface area contributed by atoms with Gasteiger partial charge in [-0.3, -0.25) is 0 Å². The summed E-state index contributed by atoms with van der Waals surface area (Å²) in [5.41, 5.74) is 5.48. The van der Waals surface area contributed by atoms with Crippen molar-refractivity contribution in [1.29, 1.82) is 0 Å². The van der Waals surface area contributed by atoms with Gasteiger partial charge in [0.25, 0.3) is 0 Å². The lowest BCUT2D eigenvalue weighted by molar-refractivity contribution is 0.372. The minimum Gasteiger partial charge on any atom is -0.339 e. The molecule has 11 heavy (non-hydrogen) atoms. The molecular formula is C7H11N3O. The lowest BCUT2D eigenvalue weighted by atomic mass is 10.3. The minimum atomic E-state index is 0.446. The van der Waals surface area contributed by atoms with Gasteiger partial charge in [0, 0.05) is 5.92 Å². The molecule has 60 valence electrons. The molecule has 0 amide bonds. The first-order valence-electron chi connectivity index (χ1n) is 3.81. The molecule has 1 heterocycles. The van der Waals surface area contributed by atoms with Crippen LogP contribution in [0.15, 0.2) is 4.52 Å². The number of aryl methyl sites for hydroxylation is 1. The van der Waals surface area contributed by atoms with Crippen LogP contribution in [0.25, 0.3) is 0 Å². The Morgan fingerprint density at radius 3 is 3.00 bits per heavy atom. The molecule has 1 saturated carbocycles. The van der Waals surface area contributed by atoms with Crippen LogP contribution >= 0.6 is 0 Å². The van der Waals surface area contributed by atoms with Crippen LogP contribution in [-0.2, 0) is 0 Å². The average Bonchev–Trinajstić information content (AvgIpc) is 2.68. The molecule has 0 saturated heterocycles. The lowest BCUT2D eigenvalue weighted by Crippen LogP contribution is -2.01. The highest BCUT2D eigenvalue weighted by Gasteiger charge is 2.41. The number of aromatic nitrogens is 2. The van der Waals surface area contributed by atoms with E-state index >= 15 is 0 Å². The maximum absolute atomic E-state index is 5.48. The summed E-state index contributed by atoms with van der Waals surface area (Å²) in [6, 6.07) is 0. The highest BCUT2D eigenvalue weighted by atomic mass is 16.5. The van der Waals surface area contributed by atoms with Crippen molar-refractivity contribution in [3.63, 3.8) is 0 Å². The number of hydrogen-bond acceptors (Lipinski definition) is 4. The maximum Gasteiger partial charge on any atom is 0.230 e. The molecule has 1 aromatic rings. The van der Waals surface area contributed by atoms with Crippen LogP contribution in [0, 0.1) is 12.8 Å². The van der Waals surface area contributed by atoms with Crippen LogP contribution in [0.4, 0.5) is 0 Å². The third-order valence-electron chi connectivity index (χ3n) is 2.09. The smallest absolute Gasteiger partial charge is 0.230 e. The summed E-state index contributed by atoms with van der Waals surface area (Å²) in [4.78, 5) is 4.14. The van der Waals surface area contributed by atoms with Gasteiger partial charge in [0.2, 0.25) is 5.89 Å². The Morgan fingerprint density at radius 1 is 1.73 bits per heavy atom. The first kappa shape index (κ1) is 6.79. The van der Waals surface area contributed by atoms with Gasteiger partial charge in [0.15, 0.2) is 5.82 Å². The number of hydrogen-bond donors (Lipinski definition) is 1. The number of rotatable bonds is 2. The van der Waals surface area contributed by atoms with Gasteiger partial charge in [-0.1, -0.05) is 5.16 Å². The molecule has 4 nitrogen and oxygen atoms in total. The number of nitrogens with two attached hydrogens (primary N) is 1. The van der Waals surface area contributed by atoms with Crippen LogP contribution in [0.2, 0.25) is 0 Å². The predicted molar refractivity (Wildman–Crippen MR) is 38.9 cm³/mol. The van der Waals surface area contributed by atoms with Crippen molar-refractivity contribution in [1.82, 2.24) is 10.1 Å². The van der Waals surface area contributed by atoms with Gasteiger partial charge in [-0.05, 0) is 25.8 Å². The van der Waals surface area contributed by atoms with Gasteiger partial charge in [0.1, 0.15) is 0 Å². The van der Waals surface area contributed by atoms with Gasteiger partial charge in [-0.25, -0.2) is 0 Å². The summed E-state index contributed by atoms with van der Waals surface area (Å²) >= 11 is 0. The van der Waals surface area contributed by atoms with Crippen LogP contribution < -0.4 is 5.73 Å². The predicted octanol–water partition coefficient (Wildman–Crippen LogP) is 0.440. The van der Waals surface area contributed by atoms with E-state index in [0.717, 1.165) is 18.9 Å². The topological polar surface area (TPSA) is 64.9 Å². The summed E-state index contributed by atoms with van der Waals surface area (Å²) in [6.07, 6.45) is 1.11. The standard InChI is InChI=1S/C7H11N3O/c1-4-9-7(11-10-4)6-2-5(6)3-8/h5-6H,2-3,8H2,1H3/t5-,6-/m1/s1. The second kappa shape index (κ2) is 2.30. The van der Waals surface area contributed by atoms with E-state index in [1.165, 1.54) is 0 Å². The molecule has 4 heteroatoms. The van der Waals surface area contributed by atoms with Gasteiger partial charge in [-0.15, -0.1) is 0 Å². The summed E-state index contributed by atoms with van der Waals surface area (Å²) in [5.74, 6) is 2.50. The normalized spacial score (nSPS) is 28.9. The summed E-state index contributed by atoms with van der Waals surface area (Å²) < 4.78 is 5.00. The molecule has 2 atom stereocenters. The fourth-order valence-electron chi connectivity index (χ4n) is 1.27. The molecule has 1 aromatic heterocycles. The second-order valence-electron chi connectivity index (χ2n) is 3.02. The maximum atomic E-state index is 5.48. The summed E-state index contributed by atoms with van der Waals surface area (Å²) in [7, 11) is 0. The molecule has 1 aliphatic carbocycles. The van der Waals surface area contributed by atoms with E-state index in [9.17, 15) is 0 Å². The van der Waals surface area contributed by atoms with Crippen molar-refractivity contribution >= 4 is 0 Å². The summed E-state index contributed by atoms with van der Waals surface area (Å²) in [5, 5.41) is 3.72. The molecule has 0 spiro atoms. The van der Waals surface area contributed by atoms with E-state index in [-0.39, 0.29) is 0 Å². The molecule has 0 unspecified atom stereocenters. The van der Waals surface area contributed by atoms with E-state index in [1.54, 1.807) is 0 Å². The average molecular weight is 153 g/mol. The Kier molecular flexibility index (Phi) is 1.42. The van der Waals surface area contributed by atoms with Crippen molar-refractivity contribution in [2.45, 2.75) is 19.3 Å². The SMILES string of the molecule is Cc1noc([C@@H]2C[C@@H]2CN)n1. The van der Waals surface area contributed by atoms with E-state index in [1.807, 2.05) is 6.92 Å². The fourth-order valence-corrected chi connectivity index (χ4v) is 1.27. The van der Waals surface area contributed by atoms with Crippen LogP contribution in [0.5, 0.6) is 0 Å². The first-order chi connectivity index (χ1) is 5.31. The number of nitrogens with zero attached hydrogens (tertiary/aromatic N) is 2. The highest BCUT2D eigenvalue weighted by molar-refractivity contribution is 5.07. The zero-order valence-electron chi connectivity index (χ0n) is 6.45.